The lowest BCUT2D eigenvalue weighted by Gasteiger charge is -2.20. The van der Waals surface area contributed by atoms with Gasteiger partial charge in [-0.1, -0.05) is 24.3 Å². The fraction of sp³-hybridized carbons (Fsp3) is 0.706. The first-order valence-electron chi connectivity index (χ1n) is 7.69. The largest absolute Gasteiger partial charge is 0.299 e. The molecule has 0 saturated heterocycles. The molecule has 0 heterocycles. The molecule has 0 aromatic rings. The molecule has 0 spiro atoms. The first-order chi connectivity index (χ1) is 8.79. The molecule has 6 atom stereocenters. The van der Waals surface area contributed by atoms with Crippen LogP contribution in [-0.4, -0.2) is 5.78 Å². The molecule has 2 saturated carbocycles. The van der Waals surface area contributed by atoms with Crippen molar-refractivity contribution in [2.75, 3.05) is 0 Å². The van der Waals surface area contributed by atoms with Gasteiger partial charge in [-0.3, -0.25) is 4.79 Å². The van der Waals surface area contributed by atoms with E-state index in [1.807, 2.05) is 0 Å². The lowest BCUT2D eigenvalue weighted by Crippen LogP contribution is -2.20. The van der Waals surface area contributed by atoms with Gasteiger partial charge in [0.15, 0.2) is 0 Å². The number of Topliss-reactive ketones (excluding diaryl/α,β-unsaturated/α-hetero) is 1. The molecule has 4 aliphatic carbocycles. The highest BCUT2D eigenvalue weighted by molar-refractivity contribution is 5.82. The van der Waals surface area contributed by atoms with Gasteiger partial charge in [-0.05, 0) is 61.7 Å². The second kappa shape index (κ2) is 4.08. The average Bonchev–Trinajstić information content (AvgIpc) is 3.13. The number of carbonyl (C=O) groups is 1. The predicted octanol–water partition coefficient (Wildman–Crippen LogP) is 3.76. The predicted molar refractivity (Wildman–Crippen MR) is 71.9 cm³/mol. The third kappa shape index (κ3) is 1.71. The molecular formula is C17H22O. The molecule has 0 aromatic carbocycles. The number of ketones is 1. The van der Waals surface area contributed by atoms with E-state index in [0.717, 1.165) is 42.9 Å². The summed E-state index contributed by atoms with van der Waals surface area (Å²) in [5.41, 5.74) is 0. The maximum Gasteiger partial charge on any atom is 0.136 e. The van der Waals surface area contributed by atoms with Crippen LogP contribution in [0.1, 0.15) is 38.5 Å². The van der Waals surface area contributed by atoms with Gasteiger partial charge in [0.05, 0.1) is 0 Å². The number of fused-ring (bicyclic) bond motifs is 4. The van der Waals surface area contributed by atoms with Crippen LogP contribution in [0.3, 0.4) is 0 Å². The van der Waals surface area contributed by atoms with Crippen molar-refractivity contribution in [2.45, 2.75) is 38.5 Å². The quantitative estimate of drug-likeness (QED) is 0.686. The standard InChI is InChI=1S/C17H22O/c18-17(16-10-12-2-4-15(16)9-12)6-5-14-8-11-1-3-13(14)7-11/h1-4,11-16H,5-10H2. The third-order valence-electron chi connectivity index (χ3n) is 5.87. The highest BCUT2D eigenvalue weighted by atomic mass is 16.1. The van der Waals surface area contributed by atoms with E-state index < -0.39 is 0 Å². The summed E-state index contributed by atoms with van der Waals surface area (Å²) in [4.78, 5) is 12.3. The van der Waals surface area contributed by atoms with E-state index in [0.29, 0.717) is 17.6 Å². The van der Waals surface area contributed by atoms with Gasteiger partial charge in [-0.2, -0.15) is 0 Å². The minimum Gasteiger partial charge on any atom is -0.299 e. The van der Waals surface area contributed by atoms with Gasteiger partial charge in [-0.15, -0.1) is 0 Å². The molecule has 4 bridgehead atoms. The van der Waals surface area contributed by atoms with E-state index in [1.54, 1.807) is 0 Å². The van der Waals surface area contributed by atoms with Crippen LogP contribution >= 0.6 is 0 Å². The highest BCUT2D eigenvalue weighted by Crippen LogP contribution is 2.47. The summed E-state index contributed by atoms with van der Waals surface area (Å²) in [6.45, 7) is 0. The Hall–Kier alpha value is -0.850. The maximum atomic E-state index is 12.3. The Morgan fingerprint density at radius 3 is 2.17 bits per heavy atom. The van der Waals surface area contributed by atoms with Gasteiger partial charge in [0, 0.05) is 12.3 Å². The molecule has 1 heteroatoms. The Kier molecular flexibility index (Phi) is 2.50. The molecule has 0 radical (unpaired) electrons. The van der Waals surface area contributed by atoms with Crippen molar-refractivity contribution in [2.24, 2.45) is 35.5 Å². The lowest BCUT2D eigenvalue weighted by molar-refractivity contribution is -0.123. The number of rotatable bonds is 4. The topological polar surface area (TPSA) is 17.1 Å². The van der Waals surface area contributed by atoms with Crippen molar-refractivity contribution in [3.8, 4) is 0 Å². The summed E-state index contributed by atoms with van der Waals surface area (Å²) in [5.74, 6) is 4.76. The molecule has 0 aliphatic heterocycles. The lowest BCUT2D eigenvalue weighted by atomic mass is 9.83. The Bertz CT molecular complexity index is 419. The minimum atomic E-state index is 0.383. The Morgan fingerprint density at radius 1 is 0.889 bits per heavy atom. The Morgan fingerprint density at radius 2 is 1.61 bits per heavy atom. The zero-order valence-electron chi connectivity index (χ0n) is 10.9. The van der Waals surface area contributed by atoms with E-state index >= 15 is 0 Å². The van der Waals surface area contributed by atoms with Crippen molar-refractivity contribution in [3.05, 3.63) is 24.3 Å². The SMILES string of the molecule is O=C(CCC1CC2C=CC1C2)C1CC2C=CC1C2. The van der Waals surface area contributed by atoms with Crippen molar-refractivity contribution in [1.29, 1.82) is 0 Å². The Labute approximate surface area is 109 Å². The second-order valence-corrected chi connectivity index (χ2v) is 6.93. The van der Waals surface area contributed by atoms with Gasteiger partial charge in [-0.25, -0.2) is 0 Å². The zero-order chi connectivity index (χ0) is 12.1. The Balaban J connectivity index is 1.32. The first-order valence-corrected chi connectivity index (χ1v) is 7.69. The molecule has 0 aromatic heterocycles. The summed E-state index contributed by atoms with van der Waals surface area (Å²) in [6.07, 6.45) is 16.6. The van der Waals surface area contributed by atoms with E-state index in [2.05, 4.69) is 24.3 Å². The monoisotopic (exact) mass is 242 g/mol. The molecule has 6 unspecified atom stereocenters. The summed E-state index contributed by atoms with van der Waals surface area (Å²) in [5, 5.41) is 0. The van der Waals surface area contributed by atoms with Gasteiger partial charge in [0.2, 0.25) is 0 Å². The van der Waals surface area contributed by atoms with Crippen molar-refractivity contribution in [3.63, 3.8) is 0 Å². The highest BCUT2D eigenvalue weighted by Gasteiger charge is 2.40. The van der Waals surface area contributed by atoms with Crippen LogP contribution < -0.4 is 0 Å². The molecule has 96 valence electrons. The van der Waals surface area contributed by atoms with Crippen LogP contribution in [-0.2, 0) is 4.79 Å². The number of hydrogen-bond donors (Lipinski definition) is 0. The molecule has 18 heavy (non-hydrogen) atoms. The van der Waals surface area contributed by atoms with Crippen LogP contribution in [0.4, 0.5) is 0 Å². The molecule has 4 rings (SSSR count). The van der Waals surface area contributed by atoms with Gasteiger partial charge in [0.1, 0.15) is 5.78 Å². The van der Waals surface area contributed by atoms with E-state index in [1.165, 1.54) is 19.3 Å². The fourth-order valence-corrected chi connectivity index (χ4v) is 4.89. The van der Waals surface area contributed by atoms with Crippen LogP contribution in [0.2, 0.25) is 0 Å². The molecule has 0 N–H and O–H groups in total. The van der Waals surface area contributed by atoms with Crippen molar-refractivity contribution in [1.82, 2.24) is 0 Å². The van der Waals surface area contributed by atoms with Gasteiger partial charge in [0.25, 0.3) is 0 Å². The molecule has 1 nitrogen and oxygen atoms in total. The summed E-state index contributed by atoms with van der Waals surface area (Å²) >= 11 is 0. The van der Waals surface area contributed by atoms with E-state index in [4.69, 9.17) is 0 Å². The summed E-state index contributed by atoms with van der Waals surface area (Å²) < 4.78 is 0. The molecule has 2 fully saturated rings. The normalized spacial score (nSPS) is 47.3. The van der Waals surface area contributed by atoms with Crippen LogP contribution in [0.5, 0.6) is 0 Å². The van der Waals surface area contributed by atoms with Gasteiger partial charge < -0.3 is 0 Å². The van der Waals surface area contributed by atoms with Crippen LogP contribution in [0, 0.1) is 35.5 Å². The smallest absolute Gasteiger partial charge is 0.136 e. The molecule has 0 amide bonds. The van der Waals surface area contributed by atoms with Crippen LogP contribution in [0.15, 0.2) is 24.3 Å². The second-order valence-electron chi connectivity index (χ2n) is 6.93. The van der Waals surface area contributed by atoms with Crippen LogP contribution in [0.25, 0.3) is 0 Å². The van der Waals surface area contributed by atoms with Crippen molar-refractivity contribution < 1.29 is 4.79 Å². The van der Waals surface area contributed by atoms with Gasteiger partial charge >= 0.3 is 0 Å². The summed E-state index contributed by atoms with van der Waals surface area (Å²) in [6, 6.07) is 0. The van der Waals surface area contributed by atoms with E-state index in [9.17, 15) is 4.79 Å². The number of carbonyl (C=O) groups excluding carboxylic acids is 1. The zero-order valence-corrected chi connectivity index (χ0v) is 10.9. The molecular weight excluding hydrogens is 220 g/mol. The fourth-order valence-electron chi connectivity index (χ4n) is 4.89. The molecule has 4 aliphatic rings. The number of hydrogen-bond acceptors (Lipinski definition) is 1. The number of allylic oxidation sites excluding steroid dienone is 4. The van der Waals surface area contributed by atoms with E-state index in [-0.39, 0.29) is 0 Å². The minimum absolute atomic E-state index is 0.383. The third-order valence-corrected chi connectivity index (χ3v) is 5.87. The summed E-state index contributed by atoms with van der Waals surface area (Å²) in [7, 11) is 0. The average molecular weight is 242 g/mol. The van der Waals surface area contributed by atoms with Crippen molar-refractivity contribution >= 4 is 5.78 Å². The first kappa shape index (κ1) is 11.0. The maximum absolute atomic E-state index is 12.3.